The lowest BCUT2D eigenvalue weighted by molar-refractivity contribution is -0.132. The fraction of sp³-hybridized carbons (Fsp3) is 0.222. The van der Waals surface area contributed by atoms with Gasteiger partial charge in [-0.15, -0.1) is 11.8 Å². The molecule has 1 aromatic carbocycles. The van der Waals surface area contributed by atoms with Crippen LogP contribution in [0, 0.1) is 6.92 Å². The molecule has 0 unspecified atom stereocenters. The van der Waals surface area contributed by atoms with Gasteiger partial charge in [-0.25, -0.2) is 0 Å². The Kier molecular flexibility index (Phi) is 5.05. The molecule has 0 spiro atoms. The molecule has 3 rings (SSSR count). The van der Waals surface area contributed by atoms with Crippen LogP contribution in [0.4, 0.5) is 5.69 Å². The zero-order valence-electron chi connectivity index (χ0n) is 13.3. The maximum Gasteiger partial charge on any atom is 0.248 e. The first-order chi connectivity index (χ1) is 11.6. The van der Waals surface area contributed by atoms with E-state index in [0.29, 0.717) is 17.4 Å². The van der Waals surface area contributed by atoms with E-state index in [-0.39, 0.29) is 11.8 Å². The van der Waals surface area contributed by atoms with Crippen LogP contribution in [-0.4, -0.2) is 34.4 Å². The summed E-state index contributed by atoms with van der Waals surface area (Å²) in [5, 5.41) is 2.92. The van der Waals surface area contributed by atoms with Crippen LogP contribution in [0.3, 0.4) is 0 Å². The van der Waals surface area contributed by atoms with Crippen molar-refractivity contribution in [3.8, 4) is 0 Å². The average molecular weight is 342 g/mol. The molecular weight excluding hydrogens is 324 g/mol. The van der Waals surface area contributed by atoms with Crippen molar-refractivity contribution in [3.05, 3.63) is 60.1 Å². The van der Waals surface area contributed by atoms with Gasteiger partial charge < -0.3 is 14.6 Å². The molecule has 124 valence electrons. The van der Waals surface area contributed by atoms with E-state index in [1.54, 1.807) is 41.1 Å². The Hall–Kier alpha value is -2.47. The van der Waals surface area contributed by atoms with Gasteiger partial charge in [-0.05, 0) is 36.8 Å². The van der Waals surface area contributed by atoms with E-state index >= 15 is 0 Å². The quantitative estimate of drug-likeness (QED) is 0.867. The molecule has 6 heteroatoms. The van der Waals surface area contributed by atoms with Crippen molar-refractivity contribution < 1.29 is 14.0 Å². The smallest absolute Gasteiger partial charge is 0.248 e. The third-order valence-electron chi connectivity index (χ3n) is 3.80. The number of amides is 2. The molecule has 1 atom stereocenters. The number of hydrogen-bond acceptors (Lipinski definition) is 4. The van der Waals surface area contributed by atoms with Crippen LogP contribution in [0.2, 0.25) is 0 Å². The lowest BCUT2D eigenvalue weighted by atomic mass is 10.2. The van der Waals surface area contributed by atoms with Crippen molar-refractivity contribution in [1.29, 1.82) is 0 Å². The van der Waals surface area contributed by atoms with Gasteiger partial charge in [0.2, 0.25) is 11.8 Å². The third-order valence-corrected chi connectivity index (χ3v) is 4.82. The zero-order chi connectivity index (χ0) is 16.9. The highest BCUT2D eigenvalue weighted by atomic mass is 32.2. The van der Waals surface area contributed by atoms with Crippen LogP contribution in [0.5, 0.6) is 0 Å². The number of thioether (sulfide) groups is 1. The summed E-state index contributed by atoms with van der Waals surface area (Å²) < 4.78 is 5.17. The van der Waals surface area contributed by atoms with Crippen LogP contribution in [-0.2, 0) is 9.59 Å². The van der Waals surface area contributed by atoms with E-state index in [1.807, 2.05) is 31.2 Å². The number of furan rings is 1. The zero-order valence-corrected chi connectivity index (χ0v) is 14.1. The Bertz CT molecular complexity index is 755. The number of hydrogen-bond donors (Lipinski definition) is 1. The fourth-order valence-corrected chi connectivity index (χ4v) is 3.61. The Labute approximate surface area is 144 Å². The normalized spacial score (nSPS) is 17.4. The number of nitrogens with zero attached hydrogens (tertiary/aromatic N) is 1. The van der Waals surface area contributed by atoms with Crippen molar-refractivity contribution in [1.82, 2.24) is 4.90 Å². The minimum atomic E-state index is -0.469. The van der Waals surface area contributed by atoms with Crippen LogP contribution in [0.1, 0.15) is 11.3 Å². The molecule has 1 fully saturated rings. The fourth-order valence-electron chi connectivity index (χ4n) is 2.44. The summed E-state index contributed by atoms with van der Waals surface area (Å²) in [6, 6.07) is 10.7. The molecular formula is C18H18N2O3S. The number of carbonyl (C=O) groups excluding carboxylic acids is 2. The predicted molar refractivity (Wildman–Crippen MR) is 95.5 cm³/mol. The third kappa shape index (κ3) is 3.71. The van der Waals surface area contributed by atoms with Crippen LogP contribution >= 0.6 is 11.8 Å². The Morgan fingerprint density at radius 3 is 2.88 bits per heavy atom. The maximum absolute atomic E-state index is 12.6. The summed E-state index contributed by atoms with van der Waals surface area (Å²) in [5.41, 5.74) is 1.77. The number of nitrogens with one attached hydrogen (secondary N) is 1. The van der Waals surface area contributed by atoms with E-state index in [2.05, 4.69) is 5.32 Å². The number of rotatable bonds is 4. The van der Waals surface area contributed by atoms with E-state index in [1.165, 1.54) is 6.08 Å². The molecule has 1 aliphatic rings. The van der Waals surface area contributed by atoms with Crippen molar-refractivity contribution in [3.63, 3.8) is 0 Å². The molecule has 2 amide bonds. The van der Waals surface area contributed by atoms with Gasteiger partial charge in [0.1, 0.15) is 11.8 Å². The second-order valence-corrected chi connectivity index (χ2v) is 6.48. The van der Waals surface area contributed by atoms with Crippen molar-refractivity contribution in [2.75, 3.05) is 16.9 Å². The molecule has 0 aliphatic carbocycles. The average Bonchev–Trinajstić information content (AvgIpc) is 3.26. The van der Waals surface area contributed by atoms with Crippen LogP contribution in [0.25, 0.3) is 6.08 Å². The molecule has 0 saturated carbocycles. The van der Waals surface area contributed by atoms with E-state index in [9.17, 15) is 9.59 Å². The van der Waals surface area contributed by atoms with Gasteiger partial charge >= 0.3 is 0 Å². The van der Waals surface area contributed by atoms with Crippen LogP contribution in [0.15, 0.2) is 53.2 Å². The summed E-state index contributed by atoms with van der Waals surface area (Å²) in [5.74, 6) is 1.36. The molecule has 1 saturated heterocycles. The Balaban J connectivity index is 1.67. The first-order valence-corrected chi connectivity index (χ1v) is 8.77. The highest BCUT2D eigenvalue weighted by Gasteiger charge is 2.33. The molecule has 0 radical (unpaired) electrons. The topological polar surface area (TPSA) is 62.6 Å². The first-order valence-electron chi connectivity index (χ1n) is 7.61. The number of aryl methyl sites for hydroxylation is 1. The van der Waals surface area contributed by atoms with E-state index < -0.39 is 6.04 Å². The lowest BCUT2D eigenvalue weighted by Crippen LogP contribution is -2.44. The Morgan fingerprint density at radius 1 is 1.29 bits per heavy atom. The van der Waals surface area contributed by atoms with Crippen LogP contribution < -0.4 is 5.32 Å². The maximum atomic E-state index is 12.6. The monoisotopic (exact) mass is 342 g/mol. The molecule has 5 nitrogen and oxygen atoms in total. The summed E-state index contributed by atoms with van der Waals surface area (Å²) in [7, 11) is 0. The molecule has 2 heterocycles. The lowest BCUT2D eigenvalue weighted by Gasteiger charge is -2.22. The van der Waals surface area contributed by atoms with Gasteiger partial charge in [0.15, 0.2) is 0 Å². The van der Waals surface area contributed by atoms with Crippen molar-refractivity contribution in [2.24, 2.45) is 0 Å². The molecule has 2 aromatic rings. The van der Waals surface area contributed by atoms with E-state index in [0.717, 1.165) is 11.3 Å². The van der Waals surface area contributed by atoms with Gasteiger partial charge in [-0.3, -0.25) is 9.59 Å². The predicted octanol–water partition coefficient (Wildman–Crippen LogP) is 3.14. The van der Waals surface area contributed by atoms with Gasteiger partial charge in [0.25, 0.3) is 0 Å². The molecule has 1 aliphatic heterocycles. The summed E-state index contributed by atoms with van der Waals surface area (Å²) >= 11 is 1.57. The molecule has 1 aromatic heterocycles. The number of para-hydroxylation sites is 1. The minimum Gasteiger partial charge on any atom is -0.465 e. The number of carbonyl (C=O) groups is 2. The van der Waals surface area contributed by atoms with Crippen molar-refractivity contribution >= 4 is 35.3 Å². The summed E-state index contributed by atoms with van der Waals surface area (Å²) in [6.45, 7) is 1.94. The molecule has 0 bridgehead atoms. The van der Waals surface area contributed by atoms with Gasteiger partial charge in [-0.2, -0.15) is 0 Å². The van der Waals surface area contributed by atoms with Crippen molar-refractivity contribution in [2.45, 2.75) is 13.0 Å². The number of benzene rings is 1. The standard InChI is InChI=1S/C18H18N2O3S/c1-13-5-2-3-7-15(13)19-18(22)16-11-24-12-20(16)17(21)9-8-14-6-4-10-23-14/h2-10,16H,11-12H2,1H3,(H,19,22)/b9-8-/t16-/m1/s1. The van der Waals surface area contributed by atoms with Gasteiger partial charge in [-0.1, -0.05) is 18.2 Å². The second-order valence-electron chi connectivity index (χ2n) is 5.48. The molecule has 24 heavy (non-hydrogen) atoms. The minimum absolute atomic E-state index is 0.158. The summed E-state index contributed by atoms with van der Waals surface area (Å²) in [4.78, 5) is 26.5. The largest absolute Gasteiger partial charge is 0.465 e. The van der Waals surface area contributed by atoms with E-state index in [4.69, 9.17) is 4.42 Å². The van der Waals surface area contributed by atoms with Gasteiger partial charge in [0, 0.05) is 17.5 Å². The SMILES string of the molecule is Cc1ccccc1NC(=O)[C@H]1CSCN1C(=O)/C=C\c1ccco1. The summed E-state index contributed by atoms with van der Waals surface area (Å²) in [6.07, 6.45) is 4.61. The number of anilines is 1. The second kappa shape index (κ2) is 7.40. The van der Waals surface area contributed by atoms with Gasteiger partial charge in [0.05, 0.1) is 12.1 Å². The highest BCUT2D eigenvalue weighted by molar-refractivity contribution is 7.99. The molecule has 1 N–H and O–H groups in total. The Morgan fingerprint density at radius 2 is 2.12 bits per heavy atom. The highest BCUT2D eigenvalue weighted by Crippen LogP contribution is 2.23. The first kappa shape index (κ1) is 16.4.